The fourth-order valence-electron chi connectivity index (χ4n) is 3.40. The van der Waals surface area contributed by atoms with Crippen molar-refractivity contribution in [3.05, 3.63) is 53.6 Å². The molecule has 32 heavy (non-hydrogen) atoms. The summed E-state index contributed by atoms with van der Waals surface area (Å²) in [5.41, 5.74) is 1.22. The first-order valence-electron chi connectivity index (χ1n) is 9.79. The third kappa shape index (κ3) is 4.26. The summed E-state index contributed by atoms with van der Waals surface area (Å²) in [5, 5.41) is 34.6. The Morgan fingerprint density at radius 2 is 2.09 bits per heavy atom. The number of aliphatic carboxylic acids is 1. The van der Waals surface area contributed by atoms with Gasteiger partial charge in [0.1, 0.15) is 23.6 Å². The zero-order valence-electron chi connectivity index (χ0n) is 16.8. The van der Waals surface area contributed by atoms with Crippen LogP contribution in [0.2, 0.25) is 0 Å². The highest BCUT2D eigenvalue weighted by Crippen LogP contribution is 2.28. The van der Waals surface area contributed by atoms with Crippen LogP contribution in [0.25, 0.3) is 10.9 Å². The topological polar surface area (TPSA) is 164 Å². The van der Waals surface area contributed by atoms with Gasteiger partial charge in [-0.2, -0.15) is 5.26 Å². The Morgan fingerprint density at radius 1 is 1.25 bits per heavy atom. The Balaban J connectivity index is 1.51. The van der Waals surface area contributed by atoms with Gasteiger partial charge in [-0.05, 0) is 23.8 Å². The number of anilines is 1. The van der Waals surface area contributed by atoms with Crippen LogP contribution in [0.15, 0.2) is 36.7 Å². The van der Waals surface area contributed by atoms with Crippen LogP contribution in [-0.2, 0) is 11.3 Å². The van der Waals surface area contributed by atoms with Crippen molar-refractivity contribution in [1.29, 1.82) is 5.26 Å². The minimum Gasteiger partial charge on any atom is -0.505 e. The SMILES string of the molecule is N#Cc1ccc(CNC(=O)c2ncc3nc(N4CCNC(C(=O)O)C4)ccc3c2O)cn1. The van der Waals surface area contributed by atoms with Gasteiger partial charge >= 0.3 is 5.97 Å². The summed E-state index contributed by atoms with van der Waals surface area (Å²) in [4.78, 5) is 38.1. The molecule has 4 rings (SSSR count). The summed E-state index contributed by atoms with van der Waals surface area (Å²) in [6.45, 7) is 1.51. The smallest absolute Gasteiger partial charge is 0.322 e. The average Bonchev–Trinajstić information content (AvgIpc) is 2.83. The number of aromatic nitrogens is 3. The van der Waals surface area contributed by atoms with Crippen LogP contribution in [0.3, 0.4) is 0 Å². The molecule has 1 saturated heterocycles. The number of nitriles is 1. The van der Waals surface area contributed by atoms with E-state index in [2.05, 4.69) is 25.6 Å². The summed E-state index contributed by atoms with van der Waals surface area (Å²) < 4.78 is 0. The maximum absolute atomic E-state index is 12.5. The van der Waals surface area contributed by atoms with E-state index in [0.29, 0.717) is 35.4 Å². The van der Waals surface area contributed by atoms with Crippen LogP contribution in [0, 0.1) is 11.3 Å². The van der Waals surface area contributed by atoms with Crippen LogP contribution < -0.4 is 15.5 Å². The first-order valence-corrected chi connectivity index (χ1v) is 9.79. The number of carbonyl (C=O) groups is 2. The molecule has 4 N–H and O–H groups in total. The Hall–Kier alpha value is -4.30. The molecule has 0 saturated carbocycles. The lowest BCUT2D eigenvalue weighted by Crippen LogP contribution is -2.54. The quantitative estimate of drug-likeness (QED) is 0.442. The maximum atomic E-state index is 12.5. The van der Waals surface area contributed by atoms with Crippen LogP contribution in [0.1, 0.15) is 21.7 Å². The van der Waals surface area contributed by atoms with Crippen molar-refractivity contribution in [3.8, 4) is 11.8 Å². The fraction of sp³-hybridized carbons (Fsp3) is 0.238. The second-order valence-electron chi connectivity index (χ2n) is 7.19. The molecule has 1 amide bonds. The molecule has 4 heterocycles. The molecule has 0 spiro atoms. The van der Waals surface area contributed by atoms with Gasteiger partial charge in [0.25, 0.3) is 5.91 Å². The molecule has 0 bridgehead atoms. The molecule has 0 radical (unpaired) electrons. The van der Waals surface area contributed by atoms with E-state index in [9.17, 15) is 19.8 Å². The molecule has 11 nitrogen and oxygen atoms in total. The Morgan fingerprint density at radius 3 is 2.81 bits per heavy atom. The molecular formula is C21H19N7O4. The molecule has 3 aromatic heterocycles. The van der Waals surface area contributed by atoms with Gasteiger partial charge in [-0.1, -0.05) is 6.07 Å². The van der Waals surface area contributed by atoms with E-state index < -0.39 is 17.9 Å². The predicted octanol–water partition coefficient (Wildman–Crippen LogP) is 0.395. The fourth-order valence-corrected chi connectivity index (χ4v) is 3.40. The van der Waals surface area contributed by atoms with Gasteiger partial charge in [0.15, 0.2) is 11.4 Å². The number of fused-ring (bicyclic) bond motifs is 1. The van der Waals surface area contributed by atoms with Gasteiger partial charge in [0.05, 0.1) is 11.7 Å². The van der Waals surface area contributed by atoms with Crippen molar-refractivity contribution in [3.63, 3.8) is 0 Å². The van der Waals surface area contributed by atoms with Crippen molar-refractivity contribution in [2.45, 2.75) is 12.6 Å². The number of carboxylic acids is 1. The summed E-state index contributed by atoms with van der Waals surface area (Å²) in [7, 11) is 0. The highest BCUT2D eigenvalue weighted by molar-refractivity contribution is 6.00. The standard InChI is InChI=1S/C21H19N7O4/c22-7-13-2-1-12(8-24-13)9-26-20(30)18-19(29)14-3-4-17(27-15(14)10-25-18)28-6-5-23-16(11-28)21(31)32/h1-4,8,10,16,23,29H,5-6,9,11H2,(H,26,30)(H,31,32). The van der Waals surface area contributed by atoms with E-state index >= 15 is 0 Å². The Kier molecular flexibility index (Phi) is 5.78. The monoisotopic (exact) mass is 433 g/mol. The predicted molar refractivity (Wildman–Crippen MR) is 113 cm³/mol. The summed E-state index contributed by atoms with van der Waals surface area (Å²) in [5.74, 6) is -1.22. The van der Waals surface area contributed by atoms with E-state index in [1.54, 1.807) is 24.3 Å². The van der Waals surface area contributed by atoms with Crippen LogP contribution in [0.5, 0.6) is 5.75 Å². The molecule has 162 valence electrons. The van der Waals surface area contributed by atoms with Crippen LogP contribution in [0.4, 0.5) is 5.82 Å². The number of nitrogens with zero attached hydrogens (tertiary/aromatic N) is 5. The molecule has 3 aromatic rings. The molecule has 1 unspecified atom stereocenters. The molecule has 11 heteroatoms. The highest BCUT2D eigenvalue weighted by atomic mass is 16.4. The lowest BCUT2D eigenvalue weighted by atomic mass is 10.1. The molecule has 1 aliphatic heterocycles. The van der Waals surface area contributed by atoms with E-state index in [4.69, 9.17) is 5.26 Å². The minimum atomic E-state index is -0.928. The van der Waals surface area contributed by atoms with Gasteiger partial charge < -0.3 is 25.7 Å². The Bertz CT molecular complexity index is 1220. The van der Waals surface area contributed by atoms with Gasteiger partial charge in [0, 0.05) is 37.8 Å². The number of pyridine rings is 3. The van der Waals surface area contributed by atoms with Crippen molar-refractivity contribution in [2.75, 3.05) is 24.5 Å². The first-order chi connectivity index (χ1) is 15.5. The van der Waals surface area contributed by atoms with Crippen molar-refractivity contribution >= 4 is 28.6 Å². The number of nitrogens with one attached hydrogen (secondary N) is 2. The molecule has 1 fully saturated rings. The van der Waals surface area contributed by atoms with E-state index in [1.165, 1.54) is 12.4 Å². The van der Waals surface area contributed by atoms with E-state index in [0.717, 1.165) is 0 Å². The largest absolute Gasteiger partial charge is 0.505 e. The van der Waals surface area contributed by atoms with Crippen LogP contribution >= 0.6 is 0 Å². The van der Waals surface area contributed by atoms with Crippen molar-refractivity contribution in [1.82, 2.24) is 25.6 Å². The normalized spacial score (nSPS) is 15.8. The highest BCUT2D eigenvalue weighted by Gasteiger charge is 2.26. The number of piperazine rings is 1. The maximum Gasteiger partial charge on any atom is 0.322 e. The van der Waals surface area contributed by atoms with Gasteiger partial charge in [-0.25, -0.2) is 15.0 Å². The Labute approximate surface area is 182 Å². The van der Waals surface area contributed by atoms with E-state index in [1.807, 2.05) is 11.0 Å². The number of amides is 1. The zero-order chi connectivity index (χ0) is 22.7. The number of rotatable bonds is 5. The molecule has 0 aliphatic carbocycles. The summed E-state index contributed by atoms with van der Waals surface area (Å²) in [6, 6.07) is 7.77. The summed E-state index contributed by atoms with van der Waals surface area (Å²) in [6.07, 6.45) is 2.89. The number of carboxylic acid groups (broad SMARTS) is 1. The van der Waals surface area contributed by atoms with Gasteiger partial charge in [-0.15, -0.1) is 0 Å². The lowest BCUT2D eigenvalue weighted by Gasteiger charge is -2.32. The molecule has 1 aliphatic rings. The number of aromatic hydroxyl groups is 1. The summed E-state index contributed by atoms with van der Waals surface area (Å²) >= 11 is 0. The van der Waals surface area contributed by atoms with Crippen LogP contribution in [-0.4, -0.2) is 62.7 Å². The molecular weight excluding hydrogens is 414 g/mol. The van der Waals surface area contributed by atoms with Gasteiger partial charge in [0.2, 0.25) is 0 Å². The second-order valence-corrected chi connectivity index (χ2v) is 7.19. The number of hydrogen-bond acceptors (Lipinski definition) is 9. The lowest BCUT2D eigenvalue weighted by molar-refractivity contribution is -0.139. The minimum absolute atomic E-state index is 0.137. The first kappa shape index (κ1) is 21.0. The van der Waals surface area contributed by atoms with E-state index in [-0.39, 0.29) is 30.2 Å². The van der Waals surface area contributed by atoms with Crippen molar-refractivity contribution < 1.29 is 19.8 Å². The number of carbonyl (C=O) groups excluding carboxylic acids is 1. The van der Waals surface area contributed by atoms with Crippen molar-refractivity contribution in [2.24, 2.45) is 0 Å². The third-order valence-corrected chi connectivity index (χ3v) is 5.11. The van der Waals surface area contributed by atoms with Gasteiger partial charge in [-0.3, -0.25) is 9.59 Å². The number of hydrogen-bond donors (Lipinski definition) is 4. The molecule has 1 atom stereocenters. The third-order valence-electron chi connectivity index (χ3n) is 5.11. The average molecular weight is 433 g/mol. The second kappa shape index (κ2) is 8.83. The molecule has 0 aromatic carbocycles. The zero-order valence-corrected chi connectivity index (χ0v) is 16.8.